The molecule has 0 fully saturated rings. The molecule has 0 N–H and O–H groups in total. The maximum atomic E-state index is 5.68. The Morgan fingerprint density at radius 2 is 1.76 bits per heavy atom. The monoisotopic (exact) mass is 298 g/mol. The van der Waals surface area contributed by atoms with Gasteiger partial charge in [0.15, 0.2) is 0 Å². The summed E-state index contributed by atoms with van der Waals surface area (Å²) < 4.78 is 10.8. The molecule has 0 aliphatic heterocycles. The lowest BCUT2D eigenvalue weighted by atomic mass is 10.2. The zero-order valence-electron chi connectivity index (χ0n) is 11.5. The van der Waals surface area contributed by atoms with Crippen molar-refractivity contribution in [3.8, 4) is 17.2 Å². The lowest BCUT2D eigenvalue weighted by molar-refractivity contribution is 0.415. The fraction of sp³-hybridized carbons (Fsp3) is 0.125. The normalized spacial score (nSPS) is 10.5. The average molecular weight is 298 g/mol. The summed E-state index contributed by atoms with van der Waals surface area (Å²) >= 11 is 1.67. The van der Waals surface area contributed by atoms with E-state index in [1.165, 1.54) is 4.90 Å². The van der Waals surface area contributed by atoms with Gasteiger partial charge in [0.2, 0.25) is 11.8 Å². The maximum absolute atomic E-state index is 5.68. The summed E-state index contributed by atoms with van der Waals surface area (Å²) in [6, 6.07) is 17.7. The van der Waals surface area contributed by atoms with Crippen LogP contribution in [0.3, 0.4) is 0 Å². The number of nitrogens with zero attached hydrogens (tertiary/aromatic N) is 2. The van der Waals surface area contributed by atoms with Crippen LogP contribution in [0, 0.1) is 0 Å². The number of hydrogen-bond donors (Lipinski definition) is 0. The third-order valence-corrected chi connectivity index (χ3v) is 3.91. The zero-order valence-corrected chi connectivity index (χ0v) is 12.3. The Morgan fingerprint density at radius 1 is 1.00 bits per heavy atom. The molecule has 3 aromatic rings. The second kappa shape index (κ2) is 6.45. The van der Waals surface area contributed by atoms with Crippen LogP contribution in [-0.2, 0) is 5.75 Å². The van der Waals surface area contributed by atoms with Gasteiger partial charge in [-0.3, -0.25) is 0 Å². The van der Waals surface area contributed by atoms with Crippen LogP contribution in [0.1, 0.15) is 5.89 Å². The molecular weight excluding hydrogens is 284 g/mol. The van der Waals surface area contributed by atoms with Crippen LogP contribution in [0.2, 0.25) is 0 Å². The molecule has 0 unspecified atom stereocenters. The summed E-state index contributed by atoms with van der Waals surface area (Å²) in [5.74, 6) is 2.61. The summed E-state index contributed by atoms with van der Waals surface area (Å²) in [5, 5.41) is 8.16. The van der Waals surface area contributed by atoms with Gasteiger partial charge in [0.05, 0.1) is 12.9 Å². The fourth-order valence-electron chi connectivity index (χ4n) is 1.82. The molecule has 0 aliphatic rings. The Morgan fingerprint density at radius 3 is 2.48 bits per heavy atom. The molecule has 0 spiro atoms. The van der Waals surface area contributed by atoms with E-state index < -0.39 is 0 Å². The Kier molecular flexibility index (Phi) is 4.21. The topological polar surface area (TPSA) is 48.2 Å². The Labute approximate surface area is 127 Å². The van der Waals surface area contributed by atoms with E-state index in [4.69, 9.17) is 9.15 Å². The molecule has 0 bridgehead atoms. The van der Waals surface area contributed by atoms with Crippen LogP contribution >= 0.6 is 11.8 Å². The van der Waals surface area contributed by atoms with Crippen molar-refractivity contribution in [3.05, 3.63) is 60.5 Å². The number of aromatic nitrogens is 2. The molecule has 0 amide bonds. The summed E-state index contributed by atoms with van der Waals surface area (Å²) in [5.41, 5.74) is 0.888. The number of benzene rings is 2. The third-order valence-electron chi connectivity index (χ3n) is 2.91. The maximum Gasteiger partial charge on any atom is 0.247 e. The fourth-order valence-corrected chi connectivity index (χ4v) is 2.58. The minimum Gasteiger partial charge on any atom is -0.497 e. The number of thioether (sulfide) groups is 1. The van der Waals surface area contributed by atoms with Crippen LogP contribution in [0.5, 0.6) is 5.75 Å². The molecule has 0 saturated heterocycles. The average Bonchev–Trinajstić information content (AvgIpc) is 3.03. The van der Waals surface area contributed by atoms with Gasteiger partial charge in [0, 0.05) is 10.5 Å². The molecule has 0 aliphatic carbocycles. The lowest BCUT2D eigenvalue weighted by Crippen LogP contribution is -1.82. The van der Waals surface area contributed by atoms with E-state index >= 15 is 0 Å². The van der Waals surface area contributed by atoms with Gasteiger partial charge < -0.3 is 9.15 Å². The minimum atomic E-state index is 0.529. The molecule has 4 nitrogen and oxygen atoms in total. The SMILES string of the molecule is COc1ccc(-c2nnc(CSc3ccccc3)o2)cc1. The van der Waals surface area contributed by atoms with Crippen LogP contribution in [0.25, 0.3) is 11.5 Å². The van der Waals surface area contributed by atoms with Crippen molar-refractivity contribution in [3.63, 3.8) is 0 Å². The highest BCUT2D eigenvalue weighted by Gasteiger charge is 2.09. The Bertz CT molecular complexity index is 696. The Hall–Kier alpha value is -2.27. The molecule has 106 valence electrons. The van der Waals surface area contributed by atoms with Crippen LogP contribution in [-0.4, -0.2) is 17.3 Å². The number of ether oxygens (including phenoxy) is 1. The first-order chi connectivity index (χ1) is 10.3. The molecular formula is C16H14N2O2S. The van der Waals surface area contributed by atoms with Crippen LogP contribution in [0.15, 0.2) is 63.9 Å². The highest BCUT2D eigenvalue weighted by atomic mass is 32.2. The smallest absolute Gasteiger partial charge is 0.247 e. The van der Waals surface area contributed by atoms with Gasteiger partial charge in [-0.1, -0.05) is 18.2 Å². The van der Waals surface area contributed by atoms with Crippen LogP contribution < -0.4 is 4.74 Å². The minimum absolute atomic E-state index is 0.529. The number of hydrogen-bond acceptors (Lipinski definition) is 5. The van der Waals surface area contributed by atoms with Crippen molar-refractivity contribution >= 4 is 11.8 Å². The van der Waals surface area contributed by atoms with E-state index in [9.17, 15) is 0 Å². The number of methoxy groups -OCH3 is 1. The molecule has 0 radical (unpaired) electrons. The largest absolute Gasteiger partial charge is 0.497 e. The predicted octanol–water partition coefficient (Wildman–Crippen LogP) is 4.04. The van der Waals surface area contributed by atoms with E-state index in [1.54, 1.807) is 18.9 Å². The van der Waals surface area contributed by atoms with Gasteiger partial charge >= 0.3 is 0 Å². The van der Waals surface area contributed by atoms with E-state index in [2.05, 4.69) is 22.3 Å². The van der Waals surface area contributed by atoms with Crippen molar-refractivity contribution in [1.82, 2.24) is 10.2 Å². The van der Waals surface area contributed by atoms with Gasteiger partial charge in [-0.15, -0.1) is 22.0 Å². The molecule has 21 heavy (non-hydrogen) atoms. The van der Waals surface area contributed by atoms with Crippen LogP contribution in [0.4, 0.5) is 0 Å². The van der Waals surface area contributed by atoms with E-state index in [0.29, 0.717) is 17.5 Å². The highest BCUT2D eigenvalue weighted by molar-refractivity contribution is 7.98. The van der Waals surface area contributed by atoms with E-state index in [1.807, 2.05) is 42.5 Å². The quantitative estimate of drug-likeness (QED) is 0.665. The summed E-state index contributed by atoms with van der Waals surface area (Å²) in [6.07, 6.45) is 0. The van der Waals surface area contributed by atoms with Crippen molar-refractivity contribution in [2.45, 2.75) is 10.6 Å². The van der Waals surface area contributed by atoms with Gasteiger partial charge in [-0.2, -0.15) is 0 Å². The molecule has 0 saturated carbocycles. The zero-order chi connectivity index (χ0) is 14.5. The van der Waals surface area contributed by atoms with Gasteiger partial charge in [0.1, 0.15) is 5.75 Å². The first-order valence-corrected chi connectivity index (χ1v) is 7.48. The molecule has 2 aromatic carbocycles. The molecule has 1 aromatic heterocycles. The Balaban J connectivity index is 1.68. The van der Waals surface area contributed by atoms with E-state index in [0.717, 1.165) is 11.3 Å². The van der Waals surface area contributed by atoms with Crippen molar-refractivity contribution in [1.29, 1.82) is 0 Å². The number of rotatable bonds is 5. The van der Waals surface area contributed by atoms with Crippen molar-refractivity contribution < 1.29 is 9.15 Å². The first kappa shape index (κ1) is 13.7. The van der Waals surface area contributed by atoms with Gasteiger partial charge in [0.25, 0.3) is 0 Å². The summed E-state index contributed by atoms with van der Waals surface area (Å²) in [7, 11) is 1.64. The first-order valence-electron chi connectivity index (χ1n) is 6.50. The second-order valence-corrected chi connectivity index (χ2v) is 5.38. The molecule has 0 atom stereocenters. The second-order valence-electron chi connectivity index (χ2n) is 4.33. The van der Waals surface area contributed by atoms with Gasteiger partial charge in [-0.05, 0) is 36.4 Å². The summed E-state index contributed by atoms with van der Waals surface area (Å²) in [6.45, 7) is 0. The molecule has 1 heterocycles. The molecule has 5 heteroatoms. The standard InChI is InChI=1S/C16H14N2O2S/c1-19-13-9-7-12(8-10-13)16-18-17-15(20-16)11-21-14-5-3-2-4-6-14/h2-10H,11H2,1H3. The van der Waals surface area contributed by atoms with E-state index in [-0.39, 0.29) is 0 Å². The van der Waals surface area contributed by atoms with Crippen molar-refractivity contribution in [2.75, 3.05) is 7.11 Å². The third kappa shape index (κ3) is 3.44. The highest BCUT2D eigenvalue weighted by Crippen LogP contribution is 2.25. The van der Waals surface area contributed by atoms with Crippen molar-refractivity contribution in [2.24, 2.45) is 0 Å². The van der Waals surface area contributed by atoms with Gasteiger partial charge in [-0.25, -0.2) is 0 Å². The molecule has 3 rings (SSSR count). The predicted molar refractivity (Wildman–Crippen MR) is 82.3 cm³/mol. The summed E-state index contributed by atoms with van der Waals surface area (Å²) in [4.78, 5) is 1.18. The lowest BCUT2D eigenvalue weighted by Gasteiger charge is -1.99.